The van der Waals surface area contributed by atoms with E-state index in [4.69, 9.17) is 4.42 Å². The number of hydrogen-bond donors (Lipinski definition) is 2. The van der Waals surface area contributed by atoms with Crippen molar-refractivity contribution < 1.29 is 8.81 Å². The molecule has 28 heavy (non-hydrogen) atoms. The summed E-state index contributed by atoms with van der Waals surface area (Å²) < 4.78 is 21.4. The normalized spacial score (nSPS) is 17.0. The Morgan fingerprint density at radius 2 is 2.25 bits per heavy atom. The first-order valence-electron chi connectivity index (χ1n) is 9.69. The summed E-state index contributed by atoms with van der Waals surface area (Å²) >= 11 is 0. The lowest BCUT2D eigenvalue weighted by Gasteiger charge is -2.24. The minimum Gasteiger partial charge on any atom is -0.459 e. The Labute approximate surface area is 163 Å². The fraction of sp³-hybridized carbons (Fsp3) is 0.450. The van der Waals surface area contributed by atoms with Crippen LogP contribution in [-0.4, -0.2) is 27.3 Å². The largest absolute Gasteiger partial charge is 0.459 e. The number of hydrogen-bond acceptors (Lipinski definition) is 4. The Morgan fingerprint density at radius 3 is 3.07 bits per heavy atom. The molecule has 1 aliphatic heterocycles. The Hall–Kier alpha value is -2.90. The number of furan rings is 1. The Kier molecular flexibility index (Phi) is 5.02. The van der Waals surface area contributed by atoms with Crippen LogP contribution in [-0.2, 0) is 13.1 Å². The number of rotatable bonds is 4. The second-order valence-corrected chi connectivity index (χ2v) is 7.07. The van der Waals surface area contributed by atoms with Gasteiger partial charge in [0.25, 0.3) is 0 Å². The van der Waals surface area contributed by atoms with Gasteiger partial charge in [-0.3, -0.25) is 0 Å². The highest BCUT2D eigenvalue weighted by Crippen LogP contribution is 2.27. The second kappa shape index (κ2) is 7.61. The van der Waals surface area contributed by atoms with Gasteiger partial charge in [0.05, 0.1) is 6.04 Å². The van der Waals surface area contributed by atoms with Crippen LogP contribution in [0.2, 0.25) is 0 Å². The van der Waals surface area contributed by atoms with E-state index in [0.29, 0.717) is 18.1 Å². The molecular weight excluding hydrogens is 359 g/mol. The molecule has 1 unspecified atom stereocenters. The van der Waals surface area contributed by atoms with E-state index < -0.39 is 0 Å². The summed E-state index contributed by atoms with van der Waals surface area (Å²) in [5.74, 6) is 2.91. The van der Waals surface area contributed by atoms with Crippen LogP contribution in [0.5, 0.6) is 0 Å². The maximum atomic E-state index is 13.5. The van der Waals surface area contributed by atoms with Crippen molar-refractivity contribution in [2.24, 2.45) is 4.99 Å². The number of benzene rings is 1. The topological polar surface area (TPSA) is 80.3 Å². The molecule has 0 saturated heterocycles. The molecule has 0 saturated carbocycles. The average molecular weight is 384 g/mol. The predicted octanol–water partition coefficient (Wildman–Crippen LogP) is 3.37. The first-order valence-corrected chi connectivity index (χ1v) is 9.69. The highest BCUT2D eigenvalue weighted by atomic mass is 19.1. The molecule has 0 bridgehead atoms. The number of guanidine groups is 1. The minimum absolute atomic E-state index is 0.0682. The molecule has 1 atom stereocenters. The molecule has 0 spiro atoms. The van der Waals surface area contributed by atoms with E-state index in [0.717, 1.165) is 54.3 Å². The molecule has 3 aromatic rings. The van der Waals surface area contributed by atoms with Crippen molar-refractivity contribution >= 4 is 16.9 Å². The fourth-order valence-electron chi connectivity index (χ4n) is 3.64. The van der Waals surface area contributed by atoms with E-state index in [9.17, 15) is 4.39 Å². The van der Waals surface area contributed by atoms with E-state index in [1.54, 1.807) is 6.07 Å². The van der Waals surface area contributed by atoms with Crippen molar-refractivity contribution in [1.82, 2.24) is 25.4 Å². The smallest absolute Gasteiger partial charge is 0.192 e. The van der Waals surface area contributed by atoms with Gasteiger partial charge in [-0.1, -0.05) is 0 Å². The van der Waals surface area contributed by atoms with Gasteiger partial charge in [0.1, 0.15) is 35.4 Å². The molecule has 4 rings (SSSR count). The molecule has 148 valence electrons. The van der Waals surface area contributed by atoms with Crippen LogP contribution >= 0.6 is 0 Å². The van der Waals surface area contributed by atoms with E-state index in [1.165, 1.54) is 12.1 Å². The third-order valence-electron chi connectivity index (χ3n) is 5.01. The van der Waals surface area contributed by atoms with Gasteiger partial charge < -0.3 is 15.1 Å². The molecule has 0 fully saturated rings. The maximum Gasteiger partial charge on any atom is 0.192 e. The number of aromatic nitrogens is 3. The Bertz CT molecular complexity index is 1020. The van der Waals surface area contributed by atoms with Crippen molar-refractivity contribution in [2.45, 2.75) is 52.7 Å². The second-order valence-electron chi connectivity index (χ2n) is 7.07. The zero-order chi connectivity index (χ0) is 19.7. The van der Waals surface area contributed by atoms with Crippen LogP contribution < -0.4 is 10.6 Å². The van der Waals surface area contributed by atoms with Gasteiger partial charge in [0, 0.05) is 24.0 Å². The molecule has 0 aliphatic carbocycles. The minimum atomic E-state index is -0.266. The summed E-state index contributed by atoms with van der Waals surface area (Å²) in [6.07, 6.45) is 2.02. The van der Waals surface area contributed by atoms with Gasteiger partial charge >= 0.3 is 0 Å². The SMILES string of the molecule is CCNC(=NCc1oc2ccc(F)cc2c1C)NC1CCCn2nc(C)nc21. The van der Waals surface area contributed by atoms with Gasteiger partial charge in [0.2, 0.25) is 0 Å². The average Bonchev–Trinajstić information content (AvgIpc) is 3.20. The zero-order valence-corrected chi connectivity index (χ0v) is 16.4. The summed E-state index contributed by atoms with van der Waals surface area (Å²) in [6, 6.07) is 4.64. The quantitative estimate of drug-likeness (QED) is 0.533. The van der Waals surface area contributed by atoms with Gasteiger partial charge in [0.15, 0.2) is 5.96 Å². The van der Waals surface area contributed by atoms with Gasteiger partial charge in [-0.05, 0) is 51.8 Å². The van der Waals surface area contributed by atoms with Crippen LogP contribution in [0.4, 0.5) is 4.39 Å². The summed E-state index contributed by atoms with van der Waals surface area (Å²) in [5.41, 5.74) is 1.60. The first-order chi connectivity index (χ1) is 13.5. The number of nitrogens with one attached hydrogen (secondary N) is 2. The van der Waals surface area contributed by atoms with E-state index >= 15 is 0 Å². The summed E-state index contributed by atoms with van der Waals surface area (Å²) in [7, 11) is 0. The van der Waals surface area contributed by atoms with Gasteiger partial charge in [-0.15, -0.1) is 0 Å². The molecule has 1 aliphatic rings. The predicted molar refractivity (Wildman–Crippen MR) is 106 cm³/mol. The third-order valence-corrected chi connectivity index (χ3v) is 5.01. The molecule has 1 aromatic carbocycles. The van der Waals surface area contributed by atoms with Gasteiger partial charge in [-0.2, -0.15) is 5.10 Å². The number of nitrogens with zero attached hydrogens (tertiary/aromatic N) is 4. The standard InChI is InChI=1S/C20H25FN6O/c1-4-22-20(25-16-6-5-9-27-19(16)24-13(3)26-27)23-11-18-12(2)15-10-14(21)7-8-17(15)28-18/h7-8,10,16H,4-6,9,11H2,1-3H3,(H2,22,23,25). The number of aryl methyl sites for hydroxylation is 3. The van der Waals surface area contributed by atoms with E-state index in [1.807, 2.05) is 25.5 Å². The lowest BCUT2D eigenvalue weighted by molar-refractivity contribution is 0.397. The zero-order valence-electron chi connectivity index (χ0n) is 16.4. The van der Waals surface area contributed by atoms with Crippen molar-refractivity contribution in [3.8, 4) is 0 Å². The lowest BCUT2D eigenvalue weighted by Crippen LogP contribution is -2.41. The molecule has 2 aromatic heterocycles. The van der Waals surface area contributed by atoms with Crippen molar-refractivity contribution in [3.05, 3.63) is 47.0 Å². The highest BCUT2D eigenvalue weighted by molar-refractivity contribution is 5.83. The molecule has 8 heteroatoms. The van der Waals surface area contributed by atoms with E-state index in [-0.39, 0.29) is 11.9 Å². The third kappa shape index (κ3) is 3.58. The lowest BCUT2D eigenvalue weighted by atomic mass is 10.1. The van der Waals surface area contributed by atoms with Crippen LogP contribution in [0, 0.1) is 19.7 Å². The molecule has 3 heterocycles. The van der Waals surface area contributed by atoms with Crippen LogP contribution in [0.25, 0.3) is 11.0 Å². The maximum absolute atomic E-state index is 13.5. The van der Waals surface area contributed by atoms with Crippen molar-refractivity contribution in [2.75, 3.05) is 6.54 Å². The van der Waals surface area contributed by atoms with Gasteiger partial charge in [-0.25, -0.2) is 19.0 Å². The number of halogens is 1. The van der Waals surface area contributed by atoms with Crippen LogP contribution in [0.15, 0.2) is 27.6 Å². The Balaban J connectivity index is 1.55. The van der Waals surface area contributed by atoms with Crippen molar-refractivity contribution in [3.63, 3.8) is 0 Å². The van der Waals surface area contributed by atoms with Crippen LogP contribution in [0.3, 0.4) is 0 Å². The number of aliphatic imine (C=N–C) groups is 1. The fourth-order valence-corrected chi connectivity index (χ4v) is 3.64. The van der Waals surface area contributed by atoms with Crippen molar-refractivity contribution in [1.29, 1.82) is 0 Å². The van der Waals surface area contributed by atoms with Crippen LogP contribution in [0.1, 0.15) is 48.8 Å². The Morgan fingerprint density at radius 1 is 1.39 bits per heavy atom. The summed E-state index contributed by atoms with van der Waals surface area (Å²) in [5, 5.41) is 12.0. The molecule has 7 nitrogen and oxygen atoms in total. The molecule has 0 radical (unpaired) electrons. The first kappa shape index (κ1) is 18.5. The summed E-state index contributed by atoms with van der Waals surface area (Å²) in [4.78, 5) is 9.25. The highest BCUT2D eigenvalue weighted by Gasteiger charge is 2.24. The summed E-state index contributed by atoms with van der Waals surface area (Å²) in [6.45, 7) is 7.89. The molecule has 0 amide bonds. The van der Waals surface area contributed by atoms with E-state index in [2.05, 4.69) is 25.7 Å². The molecular formula is C20H25FN6O. The number of fused-ring (bicyclic) bond motifs is 2. The monoisotopic (exact) mass is 384 g/mol. The molecule has 2 N–H and O–H groups in total.